The van der Waals surface area contributed by atoms with E-state index in [4.69, 9.17) is 10.2 Å². The molecule has 0 aliphatic heterocycles. The van der Waals surface area contributed by atoms with Gasteiger partial charge in [0.05, 0.1) is 16.9 Å². The lowest BCUT2D eigenvalue weighted by molar-refractivity contribution is -0.388. The minimum absolute atomic E-state index is 0.0116. The molecule has 2 aromatic heterocycles. The second-order valence-corrected chi connectivity index (χ2v) is 4.01. The third-order valence-corrected chi connectivity index (χ3v) is 2.88. The van der Waals surface area contributed by atoms with Crippen LogP contribution in [0.25, 0.3) is 0 Å². The van der Waals surface area contributed by atoms with E-state index < -0.39 is 4.92 Å². The Morgan fingerprint density at radius 2 is 2.41 bits per heavy atom. The van der Waals surface area contributed by atoms with Crippen molar-refractivity contribution in [1.29, 1.82) is 0 Å². The lowest BCUT2D eigenvalue weighted by Gasteiger charge is -2.00. The summed E-state index contributed by atoms with van der Waals surface area (Å²) in [5.74, 6) is 1.17. The number of nitrogens with zero attached hydrogens (tertiary/aromatic N) is 3. The van der Waals surface area contributed by atoms with Gasteiger partial charge in [0, 0.05) is 0 Å². The number of nitro groups is 1. The first-order valence-electron chi connectivity index (χ1n) is 4.59. The van der Waals surface area contributed by atoms with Gasteiger partial charge in [0.25, 0.3) is 0 Å². The summed E-state index contributed by atoms with van der Waals surface area (Å²) in [6.45, 7) is 0. The molecule has 0 aromatic carbocycles. The number of aromatic nitrogens is 2. The molecule has 0 aliphatic carbocycles. The van der Waals surface area contributed by atoms with Crippen molar-refractivity contribution in [2.75, 3.05) is 5.73 Å². The highest BCUT2D eigenvalue weighted by Crippen LogP contribution is 2.29. The number of anilines is 1. The standard InChI is InChI=1S/C9H8N4O3S/c10-9-11-4-7(13(14)15)8(12-9)17-5-6-2-1-3-16-6/h1-4H,5H2,(H2,10,11,12). The highest BCUT2D eigenvalue weighted by molar-refractivity contribution is 7.98. The minimum atomic E-state index is -0.538. The molecule has 7 nitrogen and oxygen atoms in total. The Balaban J connectivity index is 2.19. The van der Waals surface area contributed by atoms with Crippen molar-refractivity contribution in [3.63, 3.8) is 0 Å². The largest absolute Gasteiger partial charge is 0.468 e. The Kier molecular flexibility index (Phi) is 3.24. The van der Waals surface area contributed by atoms with Crippen molar-refractivity contribution in [2.24, 2.45) is 0 Å². The highest BCUT2D eigenvalue weighted by atomic mass is 32.2. The molecular weight excluding hydrogens is 244 g/mol. The van der Waals surface area contributed by atoms with Gasteiger partial charge in [-0.25, -0.2) is 4.98 Å². The highest BCUT2D eigenvalue weighted by Gasteiger charge is 2.17. The molecule has 2 heterocycles. The van der Waals surface area contributed by atoms with Crippen LogP contribution in [0.5, 0.6) is 0 Å². The zero-order chi connectivity index (χ0) is 12.3. The zero-order valence-electron chi connectivity index (χ0n) is 8.57. The molecule has 2 rings (SSSR count). The Morgan fingerprint density at radius 1 is 1.59 bits per heavy atom. The van der Waals surface area contributed by atoms with E-state index in [0.717, 1.165) is 6.20 Å². The number of rotatable bonds is 4. The average molecular weight is 252 g/mol. The second-order valence-electron chi connectivity index (χ2n) is 3.04. The fourth-order valence-corrected chi connectivity index (χ4v) is 2.01. The number of nitrogen functional groups attached to an aromatic ring is 1. The van der Waals surface area contributed by atoms with E-state index in [-0.39, 0.29) is 16.7 Å². The maximum Gasteiger partial charge on any atom is 0.319 e. The number of hydrogen-bond donors (Lipinski definition) is 1. The molecule has 0 bridgehead atoms. The molecule has 0 aliphatic rings. The van der Waals surface area contributed by atoms with E-state index in [0.29, 0.717) is 11.5 Å². The van der Waals surface area contributed by atoms with Gasteiger partial charge in [-0.05, 0) is 12.1 Å². The number of hydrogen-bond acceptors (Lipinski definition) is 7. The third-order valence-electron chi connectivity index (χ3n) is 1.88. The van der Waals surface area contributed by atoms with Crippen LogP contribution in [-0.4, -0.2) is 14.9 Å². The van der Waals surface area contributed by atoms with Crippen LogP contribution < -0.4 is 5.73 Å². The lowest BCUT2D eigenvalue weighted by Crippen LogP contribution is -2.00. The molecule has 0 spiro atoms. The van der Waals surface area contributed by atoms with E-state index in [1.807, 2.05) is 0 Å². The molecule has 0 unspecified atom stereocenters. The van der Waals surface area contributed by atoms with Crippen LogP contribution in [-0.2, 0) is 5.75 Å². The molecule has 0 fully saturated rings. The quantitative estimate of drug-likeness (QED) is 0.383. The van der Waals surface area contributed by atoms with Gasteiger partial charge < -0.3 is 10.2 Å². The lowest BCUT2D eigenvalue weighted by atomic mass is 10.5. The molecule has 0 saturated heterocycles. The van der Waals surface area contributed by atoms with Gasteiger partial charge in [-0.2, -0.15) is 4.98 Å². The second kappa shape index (κ2) is 4.83. The average Bonchev–Trinajstić information content (AvgIpc) is 2.78. The van der Waals surface area contributed by atoms with Gasteiger partial charge in [-0.15, -0.1) is 0 Å². The first-order valence-corrected chi connectivity index (χ1v) is 5.57. The summed E-state index contributed by atoms with van der Waals surface area (Å²) in [6.07, 6.45) is 2.64. The third kappa shape index (κ3) is 2.72. The van der Waals surface area contributed by atoms with Crippen molar-refractivity contribution in [3.8, 4) is 0 Å². The maximum absolute atomic E-state index is 10.7. The van der Waals surface area contributed by atoms with Crippen molar-refractivity contribution in [1.82, 2.24) is 9.97 Å². The van der Waals surface area contributed by atoms with Crippen LogP contribution in [0.4, 0.5) is 11.6 Å². The fourth-order valence-electron chi connectivity index (χ4n) is 1.14. The summed E-state index contributed by atoms with van der Waals surface area (Å²) in [6, 6.07) is 3.53. The van der Waals surface area contributed by atoms with Gasteiger partial charge in [0.2, 0.25) is 5.95 Å². The predicted octanol–water partition coefficient (Wildman–Crippen LogP) is 1.85. The van der Waals surface area contributed by atoms with Crippen LogP contribution in [0, 0.1) is 10.1 Å². The van der Waals surface area contributed by atoms with Gasteiger partial charge in [-0.3, -0.25) is 10.1 Å². The molecule has 2 N–H and O–H groups in total. The smallest absolute Gasteiger partial charge is 0.319 e. The van der Waals surface area contributed by atoms with Crippen LogP contribution in [0.1, 0.15) is 5.76 Å². The molecule has 2 aromatic rings. The summed E-state index contributed by atoms with van der Waals surface area (Å²) in [7, 11) is 0. The van der Waals surface area contributed by atoms with Crippen LogP contribution >= 0.6 is 11.8 Å². The Hall–Kier alpha value is -2.09. The maximum atomic E-state index is 10.7. The normalized spacial score (nSPS) is 10.4. The molecule has 0 radical (unpaired) electrons. The van der Waals surface area contributed by atoms with E-state index in [1.54, 1.807) is 18.4 Å². The number of thioether (sulfide) groups is 1. The van der Waals surface area contributed by atoms with E-state index >= 15 is 0 Å². The van der Waals surface area contributed by atoms with Crippen LogP contribution in [0.15, 0.2) is 34.0 Å². The summed E-state index contributed by atoms with van der Waals surface area (Å²) in [5, 5.41) is 11.0. The molecule has 17 heavy (non-hydrogen) atoms. The van der Waals surface area contributed by atoms with Gasteiger partial charge in [-0.1, -0.05) is 11.8 Å². The Morgan fingerprint density at radius 3 is 3.06 bits per heavy atom. The van der Waals surface area contributed by atoms with Crippen molar-refractivity contribution >= 4 is 23.4 Å². The Bertz CT molecular complexity index is 529. The first-order chi connectivity index (χ1) is 8.16. The number of nitrogens with two attached hydrogens (primary N) is 1. The van der Waals surface area contributed by atoms with Crippen molar-refractivity contribution < 1.29 is 9.34 Å². The summed E-state index contributed by atoms with van der Waals surface area (Å²) < 4.78 is 5.12. The van der Waals surface area contributed by atoms with Crippen molar-refractivity contribution in [3.05, 3.63) is 40.5 Å². The molecular formula is C9H8N4O3S. The predicted molar refractivity (Wildman–Crippen MR) is 61.4 cm³/mol. The van der Waals surface area contributed by atoms with E-state index in [9.17, 15) is 10.1 Å². The zero-order valence-corrected chi connectivity index (χ0v) is 9.38. The minimum Gasteiger partial charge on any atom is -0.468 e. The monoisotopic (exact) mass is 252 g/mol. The van der Waals surface area contributed by atoms with Gasteiger partial charge >= 0.3 is 5.69 Å². The summed E-state index contributed by atoms with van der Waals surface area (Å²) in [4.78, 5) is 17.6. The van der Waals surface area contributed by atoms with E-state index in [1.165, 1.54) is 11.8 Å². The van der Waals surface area contributed by atoms with Gasteiger partial charge in [0.1, 0.15) is 12.0 Å². The first kappa shape index (κ1) is 11.4. The van der Waals surface area contributed by atoms with Crippen molar-refractivity contribution in [2.45, 2.75) is 10.8 Å². The molecule has 8 heteroatoms. The summed E-state index contributed by atoms with van der Waals surface area (Å²) in [5.41, 5.74) is 5.24. The molecule has 88 valence electrons. The molecule has 0 atom stereocenters. The summed E-state index contributed by atoms with van der Waals surface area (Å²) >= 11 is 1.18. The van der Waals surface area contributed by atoms with Crippen LogP contribution in [0.2, 0.25) is 0 Å². The molecule has 0 saturated carbocycles. The van der Waals surface area contributed by atoms with Gasteiger partial charge in [0.15, 0.2) is 5.03 Å². The topological polar surface area (TPSA) is 108 Å². The number of furan rings is 1. The van der Waals surface area contributed by atoms with Crippen LogP contribution in [0.3, 0.4) is 0 Å². The van der Waals surface area contributed by atoms with E-state index in [2.05, 4.69) is 9.97 Å². The SMILES string of the molecule is Nc1ncc([N+](=O)[O-])c(SCc2ccco2)n1. The molecule has 0 amide bonds. The fraction of sp³-hybridized carbons (Fsp3) is 0.111. The Labute approximate surface area is 100 Å².